The van der Waals surface area contributed by atoms with Crippen molar-refractivity contribution in [1.29, 1.82) is 5.26 Å². The first-order valence-corrected chi connectivity index (χ1v) is 11.0. The van der Waals surface area contributed by atoms with Crippen LogP contribution in [0.4, 0.5) is 5.69 Å². The first kappa shape index (κ1) is 23.7. The van der Waals surface area contributed by atoms with Crippen molar-refractivity contribution in [3.63, 3.8) is 0 Å². The molecule has 1 aliphatic heterocycles. The third-order valence-electron chi connectivity index (χ3n) is 4.67. The Morgan fingerprint density at radius 3 is 2.53 bits per heavy atom. The largest absolute Gasteiger partial charge is 0.468 e. The number of ether oxygens (including phenoxy) is 1. The van der Waals surface area contributed by atoms with Crippen molar-refractivity contribution in [2.24, 2.45) is 5.92 Å². The van der Waals surface area contributed by atoms with Crippen LogP contribution in [0.2, 0.25) is 10.0 Å². The van der Waals surface area contributed by atoms with E-state index in [1.807, 2.05) is 0 Å². The van der Waals surface area contributed by atoms with Crippen molar-refractivity contribution in [2.75, 3.05) is 18.2 Å². The third-order valence-corrected chi connectivity index (χ3v) is 6.17. The molecule has 2 aromatic carbocycles. The van der Waals surface area contributed by atoms with Gasteiger partial charge in [0.25, 0.3) is 0 Å². The van der Waals surface area contributed by atoms with Gasteiger partial charge in [-0.15, -0.1) is 0 Å². The number of nitriles is 1. The maximum absolute atomic E-state index is 12.8. The molecule has 0 saturated carbocycles. The molecule has 7 nitrogen and oxygen atoms in total. The van der Waals surface area contributed by atoms with Gasteiger partial charge in [0.05, 0.1) is 29.5 Å². The van der Waals surface area contributed by atoms with Gasteiger partial charge in [-0.3, -0.25) is 14.4 Å². The number of allylic oxidation sites excluding steroid dienone is 1. The molecule has 0 fully saturated rings. The Morgan fingerprint density at radius 1 is 1.19 bits per heavy atom. The number of nitrogens with one attached hydrogen (secondary N) is 2. The Bertz CT molecular complexity index is 1130. The van der Waals surface area contributed by atoms with E-state index in [2.05, 4.69) is 16.7 Å². The second-order valence-electron chi connectivity index (χ2n) is 6.72. The lowest BCUT2D eigenvalue weighted by molar-refractivity contribution is -0.150. The smallest absolute Gasteiger partial charge is 0.319 e. The number of benzene rings is 2. The van der Waals surface area contributed by atoms with E-state index < -0.39 is 23.7 Å². The summed E-state index contributed by atoms with van der Waals surface area (Å²) in [5, 5.41) is 16.3. The van der Waals surface area contributed by atoms with Gasteiger partial charge >= 0.3 is 5.97 Å². The first-order chi connectivity index (χ1) is 15.3. The van der Waals surface area contributed by atoms with Crippen LogP contribution in [0.15, 0.2) is 59.1 Å². The summed E-state index contributed by atoms with van der Waals surface area (Å²) >= 11 is 12.9. The number of thioether (sulfide) groups is 1. The fourth-order valence-corrected chi connectivity index (χ4v) is 4.42. The Labute approximate surface area is 198 Å². The van der Waals surface area contributed by atoms with Gasteiger partial charge in [0.1, 0.15) is 5.92 Å². The Kier molecular flexibility index (Phi) is 7.80. The van der Waals surface area contributed by atoms with Crippen molar-refractivity contribution < 1.29 is 19.1 Å². The molecule has 0 aliphatic carbocycles. The van der Waals surface area contributed by atoms with E-state index in [0.717, 1.165) is 11.8 Å². The second-order valence-corrected chi connectivity index (χ2v) is 8.58. The molecule has 3 rings (SSSR count). The Morgan fingerprint density at radius 2 is 1.91 bits per heavy atom. The summed E-state index contributed by atoms with van der Waals surface area (Å²) in [5.41, 5.74) is 1.23. The third kappa shape index (κ3) is 5.43. The van der Waals surface area contributed by atoms with Gasteiger partial charge in [-0.25, -0.2) is 0 Å². The van der Waals surface area contributed by atoms with E-state index in [0.29, 0.717) is 21.3 Å². The highest BCUT2D eigenvalue weighted by atomic mass is 35.5. The number of hydrogen-bond acceptors (Lipinski definition) is 6. The topological polar surface area (TPSA) is 108 Å². The van der Waals surface area contributed by atoms with E-state index in [1.54, 1.807) is 48.5 Å². The summed E-state index contributed by atoms with van der Waals surface area (Å²) in [4.78, 5) is 37.5. The number of methoxy groups -OCH3 is 1. The van der Waals surface area contributed by atoms with Crippen LogP contribution in [-0.4, -0.2) is 30.6 Å². The van der Waals surface area contributed by atoms with Crippen molar-refractivity contribution in [2.45, 2.75) is 5.92 Å². The van der Waals surface area contributed by atoms with E-state index in [4.69, 9.17) is 27.9 Å². The molecule has 1 heterocycles. The summed E-state index contributed by atoms with van der Waals surface area (Å²) in [7, 11) is 1.18. The van der Waals surface area contributed by atoms with E-state index in [9.17, 15) is 19.6 Å². The molecule has 2 atom stereocenters. The van der Waals surface area contributed by atoms with Gasteiger partial charge in [-0.2, -0.15) is 5.26 Å². The molecule has 0 spiro atoms. The number of anilines is 1. The highest BCUT2D eigenvalue weighted by Gasteiger charge is 2.44. The molecule has 2 aromatic rings. The van der Waals surface area contributed by atoms with Crippen molar-refractivity contribution >= 4 is 58.4 Å². The lowest BCUT2D eigenvalue weighted by atomic mass is 9.78. The second kappa shape index (κ2) is 10.6. The lowest BCUT2D eigenvalue weighted by Gasteiger charge is -2.30. The maximum Gasteiger partial charge on any atom is 0.319 e. The van der Waals surface area contributed by atoms with Crippen LogP contribution in [-0.2, 0) is 19.1 Å². The summed E-state index contributed by atoms with van der Waals surface area (Å²) < 4.78 is 4.80. The highest BCUT2D eigenvalue weighted by Crippen LogP contribution is 2.40. The molecule has 0 saturated heterocycles. The summed E-state index contributed by atoms with van der Waals surface area (Å²) in [6.45, 7) is 0. The van der Waals surface area contributed by atoms with Crippen molar-refractivity contribution in [3.05, 3.63) is 74.7 Å². The molecule has 0 aromatic heterocycles. The zero-order valence-corrected chi connectivity index (χ0v) is 19.1. The van der Waals surface area contributed by atoms with Crippen molar-refractivity contribution in [3.8, 4) is 6.07 Å². The standard InChI is InChI=1S/C22H17Cl2N3O4S/c1-31-22(30)19-18(12-5-7-13(23)8-6-12)16(10-25)21(27-20(19)29)32-11-17(28)26-15-4-2-3-14(24)9-15/h2-9,18-19H,11H2,1H3,(H,26,28)(H,27,29)/t18-,19+/m1/s1. The van der Waals surface area contributed by atoms with Crippen molar-refractivity contribution in [1.82, 2.24) is 5.32 Å². The molecule has 1 aliphatic rings. The number of hydrogen-bond donors (Lipinski definition) is 2. The molecule has 10 heteroatoms. The summed E-state index contributed by atoms with van der Waals surface area (Å²) in [6.07, 6.45) is 0. The molecule has 164 valence electrons. The van der Waals surface area contributed by atoms with Crippen LogP contribution in [0.1, 0.15) is 11.5 Å². The predicted octanol–water partition coefficient (Wildman–Crippen LogP) is 4.10. The fraction of sp³-hybridized carbons (Fsp3) is 0.182. The molecule has 0 unspecified atom stereocenters. The monoisotopic (exact) mass is 489 g/mol. The SMILES string of the molecule is COC(=O)[C@@H]1C(=O)NC(SCC(=O)Nc2cccc(Cl)c2)=C(C#N)[C@H]1c1ccc(Cl)cc1. The van der Waals surface area contributed by atoms with Gasteiger partial charge in [0.2, 0.25) is 11.8 Å². The molecule has 32 heavy (non-hydrogen) atoms. The minimum atomic E-state index is -1.25. The quantitative estimate of drug-likeness (QED) is 0.466. The lowest BCUT2D eigenvalue weighted by Crippen LogP contribution is -2.44. The number of esters is 1. The normalized spacial score (nSPS) is 17.9. The van der Waals surface area contributed by atoms with Gasteiger partial charge in [-0.1, -0.05) is 53.2 Å². The van der Waals surface area contributed by atoms with Crippen LogP contribution >= 0.6 is 35.0 Å². The van der Waals surface area contributed by atoms with Crippen LogP contribution in [0.3, 0.4) is 0 Å². The maximum atomic E-state index is 12.8. The van der Waals surface area contributed by atoms with Crippen LogP contribution in [0.5, 0.6) is 0 Å². The molecule has 0 bridgehead atoms. The molecular formula is C22H17Cl2N3O4S. The van der Waals surface area contributed by atoms with E-state index >= 15 is 0 Å². The number of rotatable bonds is 6. The number of amides is 2. The molecule has 2 amide bonds. The minimum Gasteiger partial charge on any atom is -0.468 e. The van der Waals surface area contributed by atoms with Gasteiger partial charge in [0.15, 0.2) is 0 Å². The first-order valence-electron chi connectivity index (χ1n) is 9.30. The van der Waals surface area contributed by atoms with Gasteiger partial charge in [-0.05, 0) is 35.9 Å². The number of nitrogens with zero attached hydrogens (tertiary/aromatic N) is 1. The van der Waals surface area contributed by atoms with Crippen LogP contribution in [0.25, 0.3) is 0 Å². The van der Waals surface area contributed by atoms with Gasteiger partial charge in [0, 0.05) is 21.7 Å². The summed E-state index contributed by atoms with van der Waals surface area (Å²) in [6, 6.07) is 15.3. The fourth-order valence-electron chi connectivity index (χ4n) is 3.25. The number of halogens is 2. The van der Waals surface area contributed by atoms with Crippen LogP contribution in [0, 0.1) is 17.2 Å². The minimum absolute atomic E-state index is 0.0798. The average Bonchev–Trinajstić information content (AvgIpc) is 2.77. The molecule has 2 N–H and O–H groups in total. The Balaban J connectivity index is 1.88. The summed E-state index contributed by atoms with van der Waals surface area (Å²) in [5.74, 6) is -3.94. The number of carbonyl (C=O) groups excluding carboxylic acids is 3. The number of carbonyl (C=O) groups is 3. The molecule has 0 radical (unpaired) electrons. The van der Waals surface area contributed by atoms with E-state index in [1.165, 1.54) is 7.11 Å². The van der Waals surface area contributed by atoms with Crippen LogP contribution < -0.4 is 10.6 Å². The average molecular weight is 490 g/mol. The van der Waals surface area contributed by atoms with E-state index in [-0.39, 0.29) is 22.3 Å². The zero-order chi connectivity index (χ0) is 23.3. The molecular weight excluding hydrogens is 473 g/mol. The predicted molar refractivity (Wildman–Crippen MR) is 123 cm³/mol. The van der Waals surface area contributed by atoms with Gasteiger partial charge < -0.3 is 15.4 Å². The highest BCUT2D eigenvalue weighted by molar-refractivity contribution is 8.03. The Hall–Kier alpha value is -2.99. The zero-order valence-electron chi connectivity index (χ0n) is 16.7.